The molecule has 0 amide bonds. The standard InChI is InChI=1S/C23H17F3N4O3/c1-2-32-19-9-14(20-16(10-27)21(29)30-22(31)17(20)11-28)6-7-18(19)33-12-13-4-3-5-15(8-13)23(24,25)26/h3-9H,2,12H2,1H3,(H3,29,30,31). The van der Waals surface area contributed by atoms with Gasteiger partial charge >= 0.3 is 6.18 Å². The average molecular weight is 454 g/mol. The van der Waals surface area contributed by atoms with Crippen molar-refractivity contribution in [2.75, 3.05) is 12.3 Å². The Bertz CT molecular complexity index is 1330. The van der Waals surface area contributed by atoms with E-state index in [1.165, 1.54) is 30.3 Å². The van der Waals surface area contributed by atoms with Gasteiger partial charge in [-0.05, 0) is 42.3 Å². The molecule has 168 valence electrons. The monoisotopic (exact) mass is 454 g/mol. The zero-order valence-corrected chi connectivity index (χ0v) is 17.3. The van der Waals surface area contributed by atoms with Crippen LogP contribution < -0.4 is 20.8 Å². The molecule has 0 saturated carbocycles. The summed E-state index contributed by atoms with van der Waals surface area (Å²) in [5.41, 5.74) is 4.52. The van der Waals surface area contributed by atoms with Crippen LogP contribution in [0.15, 0.2) is 47.3 Å². The second-order valence-corrected chi connectivity index (χ2v) is 6.80. The number of pyridine rings is 1. The molecule has 0 atom stereocenters. The summed E-state index contributed by atoms with van der Waals surface area (Å²) in [4.78, 5) is 14.4. The van der Waals surface area contributed by atoms with Gasteiger partial charge in [-0.1, -0.05) is 18.2 Å². The molecule has 0 bridgehead atoms. The maximum atomic E-state index is 12.9. The number of hydrogen-bond donors (Lipinski definition) is 2. The van der Waals surface area contributed by atoms with Crippen molar-refractivity contribution >= 4 is 5.82 Å². The van der Waals surface area contributed by atoms with Gasteiger partial charge in [0.2, 0.25) is 0 Å². The number of aromatic nitrogens is 1. The first-order chi connectivity index (χ1) is 15.7. The van der Waals surface area contributed by atoms with Gasteiger partial charge in [0.25, 0.3) is 5.56 Å². The first-order valence-corrected chi connectivity index (χ1v) is 9.61. The van der Waals surface area contributed by atoms with E-state index >= 15 is 0 Å². The maximum Gasteiger partial charge on any atom is 0.416 e. The van der Waals surface area contributed by atoms with E-state index in [0.717, 1.165) is 12.1 Å². The number of H-pyrrole nitrogens is 1. The molecule has 7 nitrogen and oxygen atoms in total. The number of rotatable bonds is 6. The highest BCUT2D eigenvalue weighted by Crippen LogP contribution is 2.36. The third-order valence-corrected chi connectivity index (χ3v) is 4.65. The van der Waals surface area contributed by atoms with Gasteiger partial charge in [-0.2, -0.15) is 23.7 Å². The minimum absolute atomic E-state index is 0.0478. The zero-order valence-electron chi connectivity index (χ0n) is 17.3. The number of nitrogens with one attached hydrogen (secondary N) is 1. The van der Waals surface area contributed by atoms with E-state index in [1.54, 1.807) is 13.0 Å². The lowest BCUT2D eigenvalue weighted by Gasteiger charge is -2.15. The number of nitriles is 2. The quantitative estimate of drug-likeness (QED) is 0.570. The second kappa shape index (κ2) is 9.37. The summed E-state index contributed by atoms with van der Waals surface area (Å²) in [6.45, 7) is 1.79. The molecule has 33 heavy (non-hydrogen) atoms. The van der Waals surface area contributed by atoms with Crippen molar-refractivity contribution in [2.45, 2.75) is 19.7 Å². The SMILES string of the molecule is CCOc1cc(-c2c(C#N)c(N)[nH]c(=O)c2C#N)ccc1OCc1cccc(C(F)(F)F)c1. The van der Waals surface area contributed by atoms with E-state index in [4.69, 9.17) is 15.2 Å². The Kier molecular flexibility index (Phi) is 6.59. The molecule has 0 radical (unpaired) electrons. The highest BCUT2D eigenvalue weighted by Gasteiger charge is 2.30. The maximum absolute atomic E-state index is 12.9. The number of nitrogen functional groups attached to an aromatic ring is 1. The summed E-state index contributed by atoms with van der Waals surface area (Å²) >= 11 is 0. The summed E-state index contributed by atoms with van der Waals surface area (Å²) in [6.07, 6.45) is -4.47. The molecule has 10 heteroatoms. The van der Waals surface area contributed by atoms with Gasteiger partial charge < -0.3 is 20.2 Å². The first-order valence-electron chi connectivity index (χ1n) is 9.61. The molecule has 0 saturated heterocycles. The Morgan fingerprint density at radius 3 is 2.39 bits per heavy atom. The van der Waals surface area contributed by atoms with E-state index in [-0.39, 0.29) is 47.2 Å². The van der Waals surface area contributed by atoms with Crippen LogP contribution in [0.4, 0.5) is 19.0 Å². The Hall–Kier alpha value is -4.44. The Morgan fingerprint density at radius 1 is 1.03 bits per heavy atom. The summed E-state index contributed by atoms with van der Waals surface area (Å²) in [6, 6.07) is 12.9. The van der Waals surface area contributed by atoms with E-state index in [0.29, 0.717) is 11.1 Å². The smallest absolute Gasteiger partial charge is 0.416 e. The summed E-state index contributed by atoms with van der Waals surface area (Å²) in [5.74, 6) is 0.265. The number of hydrogen-bond acceptors (Lipinski definition) is 6. The molecule has 3 aromatic rings. The molecule has 0 fully saturated rings. The van der Waals surface area contributed by atoms with Crippen molar-refractivity contribution in [3.05, 3.63) is 75.1 Å². The molecule has 2 aromatic carbocycles. The fourth-order valence-corrected chi connectivity index (χ4v) is 3.18. The van der Waals surface area contributed by atoms with Crippen molar-refractivity contribution in [3.63, 3.8) is 0 Å². The highest BCUT2D eigenvalue weighted by atomic mass is 19.4. The second-order valence-electron chi connectivity index (χ2n) is 6.80. The van der Waals surface area contributed by atoms with Crippen LogP contribution in [-0.2, 0) is 12.8 Å². The van der Waals surface area contributed by atoms with Crippen LogP contribution in [0.2, 0.25) is 0 Å². The Balaban J connectivity index is 2.01. The van der Waals surface area contributed by atoms with Gasteiger partial charge in [0.05, 0.1) is 12.2 Å². The lowest BCUT2D eigenvalue weighted by Crippen LogP contribution is -2.16. The third kappa shape index (κ3) is 4.91. The Labute approximate surface area is 186 Å². The van der Waals surface area contributed by atoms with Crippen LogP contribution in [0.3, 0.4) is 0 Å². The van der Waals surface area contributed by atoms with Gasteiger partial charge in [-0.25, -0.2) is 0 Å². The molecule has 3 N–H and O–H groups in total. The number of anilines is 1. The van der Waals surface area contributed by atoms with Crippen molar-refractivity contribution in [1.82, 2.24) is 4.98 Å². The Morgan fingerprint density at radius 2 is 1.76 bits per heavy atom. The molecule has 0 unspecified atom stereocenters. The summed E-state index contributed by atoms with van der Waals surface area (Å²) < 4.78 is 50.1. The minimum atomic E-state index is -4.47. The number of alkyl halides is 3. The molecule has 0 spiro atoms. The van der Waals surface area contributed by atoms with Crippen molar-refractivity contribution < 1.29 is 22.6 Å². The van der Waals surface area contributed by atoms with E-state index in [1.807, 2.05) is 6.07 Å². The van der Waals surface area contributed by atoms with Crippen LogP contribution in [0.5, 0.6) is 11.5 Å². The highest BCUT2D eigenvalue weighted by molar-refractivity contribution is 5.81. The van der Waals surface area contributed by atoms with Gasteiger partial charge in [-0.3, -0.25) is 4.79 Å². The normalized spacial score (nSPS) is 10.8. The lowest BCUT2D eigenvalue weighted by molar-refractivity contribution is -0.137. The van der Waals surface area contributed by atoms with E-state index in [9.17, 15) is 28.5 Å². The number of nitrogens with two attached hydrogens (primary N) is 1. The predicted octanol–water partition coefficient (Wildman–Crippen LogP) is 4.36. The number of halogens is 3. The van der Waals surface area contributed by atoms with Crippen molar-refractivity contribution in [2.24, 2.45) is 0 Å². The molecule has 0 aliphatic carbocycles. The molecule has 0 aliphatic heterocycles. The average Bonchev–Trinajstić information content (AvgIpc) is 2.77. The van der Waals surface area contributed by atoms with Gasteiger partial charge in [0.15, 0.2) is 11.5 Å². The van der Waals surface area contributed by atoms with Crippen LogP contribution in [-0.4, -0.2) is 11.6 Å². The first kappa shape index (κ1) is 23.2. The van der Waals surface area contributed by atoms with Crippen molar-refractivity contribution in [1.29, 1.82) is 10.5 Å². The molecule has 0 aliphatic rings. The van der Waals surface area contributed by atoms with E-state index in [2.05, 4.69) is 4.98 Å². The lowest BCUT2D eigenvalue weighted by atomic mass is 9.96. The largest absolute Gasteiger partial charge is 0.490 e. The summed E-state index contributed by atoms with van der Waals surface area (Å²) in [7, 11) is 0. The number of benzene rings is 2. The molecule has 1 aromatic heterocycles. The van der Waals surface area contributed by atoms with Gasteiger partial charge in [0, 0.05) is 5.56 Å². The fourth-order valence-electron chi connectivity index (χ4n) is 3.18. The van der Waals surface area contributed by atoms with E-state index < -0.39 is 17.3 Å². The van der Waals surface area contributed by atoms with Crippen LogP contribution in [0, 0.1) is 22.7 Å². The fraction of sp³-hybridized carbons (Fsp3) is 0.174. The molecular weight excluding hydrogens is 437 g/mol. The third-order valence-electron chi connectivity index (χ3n) is 4.65. The van der Waals surface area contributed by atoms with Gasteiger partial charge in [-0.15, -0.1) is 0 Å². The summed E-state index contributed by atoms with van der Waals surface area (Å²) in [5, 5.41) is 18.9. The predicted molar refractivity (Wildman–Crippen MR) is 113 cm³/mol. The molecular formula is C23H17F3N4O3. The van der Waals surface area contributed by atoms with Crippen LogP contribution >= 0.6 is 0 Å². The molecule has 3 rings (SSSR count). The zero-order chi connectivity index (χ0) is 24.2. The molecule has 1 heterocycles. The number of aromatic amines is 1. The number of nitrogens with zero attached hydrogens (tertiary/aromatic N) is 2. The van der Waals surface area contributed by atoms with Gasteiger partial charge in [0.1, 0.15) is 35.7 Å². The van der Waals surface area contributed by atoms with Crippen molar-refractivity contribution in [3.8, 4) is 34.8 Å². The topological polar surface area (TPSA) is 125 Å². The van der Waals surface area contributed by atoms with Crippen LogP contribution in [0.25, 0.3) is 11.1 Å². The minimum Gasteiger partial charge on any atom is -0.490 e. The number of ether oxygens (including phenoxy) is 2. The van der Waals surface area contributed by atoms with Crippen LogP contribution in [0.1, 0.15) is 29.2 Å².